The number of thiazole rings is 1. The zero-order valence-electron chi connectivity index (χ0n) is 21.4. The van der Waals surface area contributed by atoms with Gasteiger partial charge < -0.3 is 24.4 Å². The Kier molecular flexibility index (Phi) is 9.87. The third kappa shape index (κ3) is 7.99. The first-order chi connectivity index (χ1) is 18.0. The Morgan fingerprint density at radius 3 is 2.54 bits per heavy atom. The topological polar surface area (TPSA) is 72.9 Å². The summed E-state index contributed by atoms with van der Waals surface area (Å²) in [6.45, 7) is 8.45. The molecule has 0 saturated carbocycles. The van der Waals surface area contributed by atoms with Crippen LogP contribution in [0.4, 0.5) is 9.52 Å². The molecular weight excluding hydrogens is 493 g/mol. The monoisotopic (exact) mass is 527 g/mol. The molecule has 37 heavy (non-hydrogen) atoms. The van der Waals surface area contributed by atoms with Crippen molar-refractivity contribution in [3.8, 4) is 5.75 Å². The van der Waals surface area contributed by atoms with Crippen molar-refractivity contribution in [1.29, 1.82) is 0 Å². The minimum atomic E-state index is -0.509. The van der Waals surface area contributed by atoms with E-state index in [2.05, 4.69) is 17.1 Å². The van der Waals surface area contributed by atoms with Crippen LogP contribution in [0.15, 0.2) is 48.5 Å². The molecule has 0 bridgehead atoms. The van der Waals surface area contributed by atoms with Crippen molar-refractivity contribution in [2.75, 3.05) is 44.4 Å². The maximum absolute atomic E-state index is 13.2. The second-order valence-electron chi connectivity index (χ2n) is 8.86. The van der Waals surface area contributed by atoms with Gasteiger partial charge in [0.05, 0.1) is 32.1 Å². The number of anilines is 1. The fourth-order valence-corrected chi connectivity index (χ4v) is 5.09. The molecule has 1 aliphatic rings. The van der Waals surface area contributed by atoms with Gasteiger partial charge in [-0.2, -0.15) is 0 Å². The van der Waals surface area contributed by atoms with Crippen molar-refractivity contribution < 1.29 is 23.4 Å². The van der Waals surface area contributed by atoms with Crippen LogP contribution in [0.5, 0.6) is 5.75 Å². The summed E-state index contributed by atoms with van der Waals surface area (Å²) in [5.41, 5.74) is 2.96. The first-order valence-electron chi connectivity index (χ1n) is 12.7. The third-order valence-corrected chi connectivity index (χ3v) is 7.24. The molecule has 2 heterocycles. The van der Waals surface area contributed by atoms with Crippen LogP contribution in [0.25, 0.3) is 0 Å². The Bertz CT molecular complexity index is 1130. The highest BCUT2D eigenvalue weighted by molar-refractivity contribution is 7.15. The SMILES string of the molecule is CCOC(=O)C(Cc1ccc(OCCc2nc(N3CCOCC3)sc2C)cc1)NCc1ccc(F)cc1. The van der Waals surface area contributed by atoms with E-state index in [4.69, 9.17) is 19.2 Å². The Balaban J connectivity index is 1.28. The molecule has 1 aromatic heterocycles. The zero-order chi connectivity index (χ0) is 26.0. The van der Waals surface area contributed by atoms with Crippen LogP contribution < -0.4 is 15.0 Å². The van der Waals surface area contributed by atoms with Crippen LogP contribution in [0.3, 0.4) is 0 Å². The summed E-state index contributed by atoms with van der Waals surface area (Å²) in [4.78, 5) is 20.8. The predicted molar refractivity (Wildman–Crippen MR) is 143 cm³/mol. The number of carbonyl (C=O) groups is 1. The van der Waals surface area contributed by atoms with Gasteiger partial charge in [0.2, 0.25) is 0 Å². The minimum absolute atomic E-state index is 0.285. The van der Waals surface area contributed by atoms with Gasteiger partial charge in [0.25, 0.3) is 0 Å². The molecular formula is C28H34FN3O4S. The van der Waals surface area contributed by atoms with E-state index in [1.807, 2.05) is 24.3 Å². The standard InChI is InChI=1S/C28H34FN3O4S/c1-3-35-27(33)26(30-19-22-4-8-23(29)9-5-22)18-21-6-10-24(11-7-21)36-15-12-25-20(2)37-28(31-25)32-13-16-34-17-14-32/h4-11,26,30H,3,12-19H2,1-2H3. The molecule has 0 aliphatic carbocycles. The highest BCUT2D eigenvalue weighted by atomic mass is 32.1. The molecule has 1 aliphatic heterocycles. The summed E-state index contributed by atoms with van der Waals surface area (Å²) in [5.74, 6) is 0.185. The average Bonchev–Trinajstić information content (AvgIpc) is 3.29. The molecule has 0 radical (unpaired) electrons. The molecule has 0 amide bonds. The predicted octanol–water partition coefficient (Wildman–Crippen LogP) is 4.31. The van der Waals surface area contributed by atoms with Gasteiger partial charge in [-0.15, -0.1) is 11.3 Å². The molecule has 3 aromatic rings. The number of rotatable bonds is 12. The molecule has 0 spiro atoms. The van der Waals surface area contributed by atoms with E-state index < -0.39 is 6.04 Å². The summed E-state index contributed by atoms with van der Waals surface area (Å²) < 4.78 is 29.8. The summed E-state index contributed by atoms with van der Waals surface area (Å²) >= 11 is 1.73. The minimum Gasteiger partial charge on any atom is -0.493 e. The van der Waals surface area contributed by atoms with Gasteiger partial charge >= 0.3 is 5.97 Å². The molecule has 7 nitrogen and oxygen atoms in total. The van der Waals surface area contributed by atoms with Crippen LogP contribution in [-0.4, -0.2) is 56.5 Å². The van der Waals surface area contributed by atoms with Crippen molar-refractivity contribution in [2.24, 2.45) is 0 Å². The molecule has 1 N–H and O–H groups in total. The van der Waals surface area contributed by atoms with E-state index >= 15 is 0 Å². The van der Waals surface area contributed by atoms with Crippen molar-refractivity contribution in [2.45, 2.75) is 39.3 Å². The van der Waals surface area contributed by atoms with Gasteiger partial charge in [0.1, 0.15) is 17.6 Å². The first-order valence-corrected chi connectivity index (χ1v) is 13.5. The number of aromatic nitrogens is 1. The lowest BCUT2D eigenvalue weighted by molar-refractivity contribution is -0.145. The lowest BCUT2D eigenvalue weighted by Gasteiger charge is -2.26. The summed E-state index contributed by atoms with van der Waals surface area (Å²) in [5, 5.41) is 4.30. The lowest BCUT2D eigenvalue weighted by Crippen LogP contribution is -2.39. The number of halogens is 1. The molecule has 2 aromatic carbocycles. The summed E-state index contributed by atoms with van der Waals surface area (Å²) in [6.07, 6.45) is 1.22. The average molecular weight is 528 g/mol. The lowest BCUT2D eigenvalue weighted by atomic mass is 10.1. The van der Waals surface area contributed by atoms with Crippen LogP contribution in [-0.2, 0) is 33.7 Å². The van der Waals surface area contributed by atoms with Crippen LogP contribution >= 0.6 is 11.3 Å². The number of ether oxygens (including phenoxy) is 3. The first kappa shape index (κ1) is 27.0. The molecule has 198 valence electrons. The van der Waals surface area contributed by atoms with E-state index in [1.165, 1.54) is 17.0 Å². The number of hydrogen-bond donors (Lipinski definition) is 1. The Morgan fingerprint density at radius 1 is 1.14 bits per heavy atom. The van der Waals surface area contributed by atoms with Gasteiger partial charge in [-0.3, -0.25) is 4.79 Å². The van der Waals surface area contributed by atoms with Crippen molar-refractivity contribution in [1.82, 2.24) is 10.3 Å². The Hall–Kier alpha value is -3.01. The Morgan fingerprint density at radius 2 is 1.84 bits per heavy atom. The third-order valence-electron chi connectivity index (χ3n) is 6.17. The number of esters is 1. The number of hydrogen-bond acceptors (Lipinski definition) is 8. The zero-order valence-corrected chi connectivity index (χ0v) is 22.2. The van der Waals surface area contributed by atoms with Crippen molar-refractivity contribution >= 4 is 22.4 Å². The molecule has 9 heteroatoms. The Labute approximate surface area is 221 Å². The van der Waals surface area contributed by atoms with Crippen LogP contribution in [0.1, 0.15) is 28.6 Å². The molecule has 1 saturated heterocycles. The van der Waals surface area contributed by atoms with E-state index in [9.17, 15) is 9.18 Å². The van der Waals surface area contributed by atoms with Gasteiger partial charge in [-0.25, -0.2) is 9.37 Å². The van der Waals surface area contributed by atoms with Gasteiger partial charge in [0.15, 0.2) is 5.13 Å². The quantitative estimate of drug-likeness (QED) is 0.352. The highest BCUT2D eigenvalue weighted by Crippen LogP contribution is 2.27. The smallest absolute Gasteiger partial charge is 0.323 e. The van der Waals surface area contributed by atoms with Crippen molar-refractivity contribution in [3.05, 3.63) is 76.0 Å². The number of aryl methyl sites for hydroxylation is 1. The highest BCUT2D eigenvalue weighted by Gasteiger charge is 2.20. The second kappa shape index (κ2) is 13.5. The molecule has 1 unspecified atom stereocenters. The van der Waals surface area contributed by atoms with E-state index in [0.717, 1.165) is 60.4 Å². The van der Waals surface area contributed by atoms with E-state index in [1.54, 1.807) is 30.4 Å². The van der Waals surface area contributed by atoms with Gasteiger partial charge in [0, 0.05) is 30.9 Å². The molecule has 4 rings (SSSR count). The van der Waals surface area contributed by atoms with E-state index in [0.29, 0.717) is 26.2 Å². The fraction of sp³-hybridized carbons (Fsp3) is 0.429. The maximum Gasteiger partial charge on any atom is 0.323 e. The largest absolute Gasteiger partial charge is 0.493 e. The normalized spacial score (nSPS) is 14.4. The van der Waals surface area contributed by atoms with Gasteiger partial charge in [-0.05, 0) is 55.7 Å². The number of benzene rings is 2. The number of morpholine rings is 1. The van der Waals surface area contributed by atoms with Crippen LogP contribution in [0.2, 0.25) is 0 Å². The second-order valence-corrected chi connectivity index (χ2v) is 10.0. The number of nitrogens with zero attached hydrogens (tertiary/aromatic N) is 2. The number of nitrogens with one attached hydrogen (secondary N) is 1. The number of carbonyl (C=O) groups excluding carboxylic acids is 1. The van der Waals surface area contributed by atoms with E-state index in [-0.39, 0.29) is 11.8 Å². The summed E-state index contributed by atoms with van der Waals surface area (Å²) in [7, 11) is 0. The molecule has 1 atom stereocenters. The fourth-order valence-electron chi connectivity index (χ4n) is 4.08. The van der Waals surface area contributed by atoms with Crippen molar-refractivity contribution in [3.63, 3.8) is 0 Å². The summed E-state index contributed by atoms with van der Waals surface area (Å²) in [6, 6.07) is 13.5. The van der Waals surface area contributed by atoms with Crippen LogP contribution in [0, 0.1) is 12.7 Å². The maximum atomic E-state index is 13.2. The molecule has 1 fully saturated rings. The van der Waals surface area contributed by atoms with Gasteiger partial charge in [-0.1, -0.05) is 24.3 Å².